The van der Waals surface area contributed by atoms with E-state index in [0.717, 1.165) is 6.42 Å². The molecule has 0 saturated heterocycles. The van der Waals surface area contributed by atoms with Gasteiger partial charge in [0.25, 0.3) is 5.69 Å². The second-order valence-electron chi connectivity index (χ2n) is 3.75. The van der Waals surface area contributed by atoms with Gasteiger partial charge in [-0.15, -0.1) is 0 Å². The minimum atomic E-state index is -0.804. The number of halogens is 1. The van der Waals surface area contributed by atoms with Gasteiger partial charge in [-0.3, -0.25) is 14.3 Å². The molecule has 0 bridgehead atoms. The van der Waals surface area contributed by atoms with Gasteiger partial charge in [-0.25, -0.2) is 4.98 Å². The zero-order chi connectivity index (χ0) is 13.7. The maximum Gasteiger partial charge on any atom is 0.291 e. The van der Waals surface area contributed by atoms with Crippen LogP contribution in [0.4, 0.5) is 11.5 Å². The molecule has 1 aromatic rings. The van der Waals surface area contributed by atoms with E-state index in [4.69, 9.17) is 0 Å². The van der Waals surface area contributed by atoms with Crippen molar-refractivity contribution >= 4 is 38.2 Å². The number of rotatable bonds is 6. The zero-order valence-electron chi connectivity index (χ0n) is 10.1. The van der Waals surface area contributed by atoms with Gasteiger partial charge in [0.1, 0.15) is 12.0 Å². The van der Waals surface area contributed by atoms with Crippen molar-refractivity contribution in [2.24, 2.45) is 0 Å². The third kappa shape index (κ3) is 4.02. The highest BCUT2D eigenvalue weighted by Gasteiger charge is 2.16. The van der Waals surface area contributed by atoms with Crippen molar-refractivity contribution in [3.05, 3.63) is 26.3 Å². The third-order valence-corrected chi connectivity index (χ3v) is 4.17. The molecule has 0 spiro atoms. The molecule has 18 heavy (non-hydrogen) atoms. The van der Waals surface area contributed by atoms with Crippen molar-refractivity contribution in [1.29, 1.82) is 0 Å². The molecule has 1 heterocycles. The normalized spacial score (nSPS) is 12.2. The Labute approximate surface area is 116 Å². The third-order valence-electron chi connectivity index (χ3n) is 2.34. The zero-order valence-corrected chi connectivity index (χ0v) is 12.5. The summed E-state index contributed by atoms with van der Waals surface area (Å²) < 4.78 is 11.5. The first-order valence-corrected chi connectivity index (χ1v) is 7.79. The van der Waals surface area contributed by atoms with Crippen molar-refractivity contribution in [3.63, 3.8) is 0 Å². The van der Waals surface area contributed by atoms with Crippen LogP contribution >= 0.6 is 15.9 Å². The predicted octanol–water partition coefficient (Wildman–Crippen LogP) is 2.24. The minimum absolute atomic E-state index is 0.0120. The molecular weight excluding hydrogens is 322 g/mol. The lowest BCUT2D eigenvalue weighted by Gasteiger charge is -2.08. The van der Waals surface area contributed by atoms with Crippen LogP contribution < -0.4 is 5.32 Å². The Bertz CT molecular complexity index is 482. The molecule has 1 unspecified atom stereocenters. The maximum atomic E-state index is 10.9. The fourth-order valence-corrected chi connectivity index (χ4v) is 2.36. The standard InChI is InChI=1S/C10H14BrN3O3S/c1-7-8(14(15)16)6-13-10(9(7)11)12-4-3-5-18(2)17/h6H,3-5H2,1-2H3,(H,12,13). The molecule has 6 nitrogen and oxygen atoms in total. The number of anilines is 1. The van der Waals surface area contributed by atoms with Gasteiger partial charge in [0.05, 0.1) is 9.40 Å². The number of nitrogens with one attached hydrogen (secondary N) is 1. The summed E-state index contributed by atoms with van der Waals surface area (Å²) in [5, 5.41) is 13.8. The Hall–Kier alpha value is -1.02. The number of nitrogens with zero attached hydrogens (tertiary/aromatic N) is 2. The van der Waals surface area contributed by atoms with Gasteiger partial charge < -0.3 is 5.32 Å². The van der Waals surface area contributed by atoms with Crippen molar-refractivity contribution in [2.75, 3.05) is 23.9 Å². The van der Waals surface area contributed by atoms with Crippen LogP contribution in [0.15, 0.2) is 10.7 Å². The summed E-state index contributed by atoms with van der Waals surface area (Å²) in [6, 6.07) is 0. The predicted molar refractivity (Wildman–Crippen MR) is 75.4 cm³/mol. The fraction of sp³-hybridized carbons (Fsp3) is 0.500. The molecule has 100 valence electrons. The average Bonchev–Trinajstić information content (AvgIpc) is 2.29. The van der Waals surface area contributed by atoms with Gasteiger partial charge >= 0.3 is 0 Å². The number of pyridine rings is 1. The van der Waals surface area contributed by atoms with Gasteiger partial charge in [0.2, 0.25) is 0 Å². The summed E-state index contributed by atoms with van der Waals surface area (Å²) in [7, 11) is -0.804. The Balaban J connectivity index is 2.71. The van der Waals surface area contributed by atoms with Crippen molar-refractivity contribution in [3.8, 4) is 0 Å². The average molecular weight is 336 g/mol. The molecule has 1 atom stereocenters. The second kappa shape index (κ2) is 6.79. The van der Waals surface area contributed by atoms with Crippen molar-refractivity contribution < 1.29 is 9.13 Å². The van der Waals surface area contributed by atoms with Crippen LogP contribution in [-0.2, 0) is 10.8 Å². The van der Waals surface area contributed by atoms with Gasteiger partial charge in [-0.2, -0.15) is 0 Å². The van der Waals surface area contributed by atoms with Crippen LogP contribution in [0.2, 0.25) is 0 Å². The lowest BCUT2D eigenvalue weighted by atomic mass is 10.2. The van der Waals surface area contributed by atoms with E-state index >= 15 is 0 Å². The second-order valence-corrected chi connectivity index (χ2v) is 6.09. The van der Waals surface area contributed by atoms with E-state index in [0.29, 0.717) is 28.2 Å². The smallest absolute Gasteiger partial charge is 0.291 e. The van der Waals surface area contributed by atoms with E-state index in [1.807, 2.05) is 0 Å². The van der Waals surface area contributed by atoms with Crippen molar-refractivity contribution in [1.82, 2.24) is 4.98 Å². The highest BCUT2D eigenvalue weighted by molar-refractivity contribution is 9.10. The highest BCUT2D eigenvalue weighted by Crippen LogP contribution is 2.30. The molecule has 0 fully saturated rings. The largest absolute Gasteiger partial charge is 0.369 e. The van der Waals surface area contributed by atoms with E-state index in [9.17, 15) is 14.3 Å². The number of nitro groups is 1. The summed E-state index contributed by atoms with van der Waals surface area (Å²) in [5.74, 6) is 1.19. The van der Waals surface area contributed by atoms with E-state index in [1.54, 1.807) is 13.2 Å². The quantitative estimate of drug-likeness (QED) is 0.489. The SMILES string of the molecule is Cc1c([N+](=O)[O-])cnc(NCCCS(C)=O)c1Br. The molecule has 0 amide bonds. The monoisotopic (exact) mass is 335 g/mol. The molecule has 8 heteroatoms. The first-order chi connectivity index (χ1) is 8.43. The lowest BCUT2D eigenvalue weighted by molar-refractivity contribution is -0.385. The summed E-state index contributed by atoms with van der Waals surface area (Å²) in [4.78, 5) is 14.3. The Morgan fingerprint density at radius 2 is 2.28 bits per heavy atom. The van der Waals surface area contributed by atoms with Crippen LogP contribution in [-0.4, -0.2) is 32.7 Å². The van der Waals surface area contributed by atoms with E-state index in [1.165, 1.54) is 6.20 Å². The van der Waals surface area contributed by atoms with E-state index in [-0.39, 0.29) is 5.69 Å². The Morgan fingerprint density at radius 1 is 1.61 bits per heavy atom. The van der Waals surface area contributed by atoms with Gasteiger partial charge in [-0.05, 0) is 29.3 Å². The molecule has 0 aliphatic carbocycles. The van der Waals surface area contributed by atoms with Gasteiger partial charge in [0.15, 0.2) is 0 Å². The van der Waals surface area contributed by atoms with Crippen LogP contribution in [0, 0.1) is 17.0 Å². The summed E-state index contributed by atoms with van der Waals surface area (Å²) in [6.07, 6.45) is 3.65. The first kappa shape index (κ1) is 15.0. The van der Waals surface area contributed by atoms with Gasteiger partial charge in [0, 0.05) is 34.9 Å². The number of hydrogen-bond donors (Lipinski definition) is 1. The number of hydrogen-bond acceptors (Lipinski definition) is 5. The fourth-order valence-electron chi connectivity index (χ4n) is 1.36. The minimum Gasteiger partial charge on any atom is -0.369 e. The molecule has 0 aliphatic heterocycles. The van der Waals surface area contributed by atoms with E-state index < -0.39 is 15.7 Å². The molecule has 1 aromatic heterocycles. The maximum absolute atomic E-state index is 10.9. The summed E-state index contributed by atoms with van der Waals surface area (Å²) in [5.41, 5.74) is 0.527. The first-order valence-electron chi connectivity index (χ1n) is 5.27. The molecule has 0 aliphatic rings. The van der Waals surface area contributed by atoms with Crippen LogP contribution in [0.5, 0.6) is 0 Å². The topological polar surface area (TPSA) is 85.1 Å². The lowest BCUT2D eigenvalue weighted by Crippen LogP contribution is -2.08. The molecule has 0 aromatic carbocycles. The Morgan fingerprint density at radius 3 is 2.83 bits per heavy atom. The molecular formula is C10H14BrN3O3S. The van der Waals surface area contributed by atoms with E-state index in [2.05, 4.69) is 26.2 Å². The number of aromatic nitrogens is 1. The van der Waals surface area contributed by atoms with Crippen LogP contribution in [0.1, 0.15) is 12.0 Å². The highest BCUT2D eigenvalue weighted by atomic mass is 79.9. The molecule has 1 rings (SSSR count). The summed E-state index contributed by atoms with van der Waals surface area (Å²) >= 11 is 3.29. The van der Waals surface area contributed by atoms with Crippen LogP contribution in [0.3, 0.4) is 0 Å². The molecule has 0 saturated carbocycles. The Kier molecular flexibility index (Phi) is 5.67. The van der Waals surface area contributed by atoms with Crippen molar-refractivity contribution in [2.45, 2.75) is 13.3 Å². The summed E-state index contributed by atoms with van der Waals surface area (Å²) in [6.45, 7) is 2.29. The van der Waals surface area contributed by atoms with Crippen LogP contribution in [0.25, 0.3) is 0 Å². The van der Waals surface area contributed by atoms with Gasteiger partial charge in [-0.1, -0.05) is 0 Å². The molecule has 0 radical (unpaired) electrons. The molecule has 1 N–H and O–H groups in total.